The predicted molar refractivity (Wildman–Crippen MR) is 129 cm³/mol. The van der Waals surface area contributed by atoms with Crippen LogP contribution in [-0.4, -0.2) is 16.0 Å². The molecule has 1 heterocycles. The zero-order chi connectivity index (χ0) is 21.5. The van der Waals surface area contributed by atoms with Gasteiger partial charge in [-0.25, -0.2) is 0 Å². The molecule has 0 aromatic heterocycles. The number of halogens is 2. The van der Waals surface area contributed by atoms with E-state index in [0.29, 0.717) is 20.5 Å². The molecule has 0 saturated carbocycles. The van der Waals surface area contributed by atoms with Crippen LogP contribution in [0.4, 0.5) is 4.79 Å². The summed E-state index contributed by atoms with van der Waals surface area (Å²) in [5.74, 6) is -0.321. The first-order valence-electron chi connectivity index (χ1n) is 9.61. The largest absolute Gasteiger partial charge is 0.293 e. The molecule has 4 aromatic carbocycles. The molecular formula is C25H15Cl2NO2S. The first-order chi connectivity index (χ1) is 15.0. The van der Waals surface area contributed by atoms with Crippen molar-refractivity contribution in [2.24, 2.45) is 0 Å². The fourth-order valence-corrected chi connectivity index (χ4v) is 5.08. The summed E-state index contributed by atoms with van der Waals surface area (Å²) in [6, 6.07) is 23.3. The average Bonchev–Trinajstić information content (AvgIpc) is 3.02. The number of carbonyl (C=O) groups is 2. The van der Waals surface area contributed by atoms with Crippen LogP contribution < -0.4 is 0 Å². The number of nitrogens with zero attached hydrogens (tertiary/aromatic N) is 1. The lowest BCUT2D eigenvalue weighted by molar-refractivity contribution is -0.123. The molecule has 0 N–H and O–H groups in total. The SMILES string of the molecule is O=C1S/C(=C\c2c3ccccc3cc3ccccc23)C(=O)N1Cc1ccc(Cl)cc1Cl. The average molecular weight is 464 g/mol. The standard InChI is InChI=1S/C25H15Cl2NO2S/c26-18-10-9-17(22(27)12-18)14-28-24(29)23(31-25(28)30)13-21-19-7-3-1-5-15(19)11-16-6-2-4-8-20(16)21/h1-13H,14H2/b23-13-. The van der Waals surface area contributed by atoms with Gasteiger partial charge in [-0.15, -0.1) is 0 Å². The Bertz CT molecular complexity index is 1360. The number of benzene rings is 4. The van der Waals surface area contributed by atoms with Crippen molar-refractivity contribution in [1.82, 2.24) is 4.90 Å². The van der Waals surface area contributed by atoms with Crippen LogP contribution in [0, 0.1) is 0 Å². The van der Waals surface area contributed by atoms with Crippen molar-refractivity contribution < 1.29 is 9.59 Å². The summed E-state index contributed by atoms with van der Waals surface area (Å²) in [6.07, 6.45) is 1.83. The Morgan fingerprint density at radius 3 is 2.13 bits per heavy atom. The topological polar surface area (TPSA) is 37.4 Å². The minimum Gasteiger partial charge on any atom is -0.268 e. The van der Waals surface area contributed by atoms with Gasteiger partial charge in [0.25, 0.3) is 11.1 Å². The molecule has 0 radical (unpaired) electrons. The van der Waals surface area contributed by atoms with Gasteiger partial charge in [0.1, 0.15) is 0 Å². The number of fused-ring (bicyclic) bond motifs is 2. The van der Waals surface area contributed by atoms with Crippen LogP contribution in [0.25, 0.3) is 27.6 Å². The third kappa shape index (κ3) is 3.72. The summed E-state index contributed by atoms with van der Waals surface area (Å²) < 4.78 is 0. The van der Waals surface area contributed by atoms with Crippen LogP contribution >= 0.6 is 35.0 Å². The first-order valence-corrected chi connectivity index (χ1v) is 11.2. The molecule has 31 heavy (non-hydrogen) atoms. The van der Waals surface area contributed by atoms with Gasteiger partial charge in [0.2, 0.25) is 0 Å². The summed E-state index contributed by atoms with van der Waals surface area (Å²) in [7, 11) is 0. The molecule has 0 aliphatic carbocycles. The molecule has 152 valence electrons. The molecule has 0 spiro atoms. The van der Waals surface area contributed by atoms with Crippen molar-refractivity contribution in [3.05, 3.63) is 98.9 Å². The molecule has 1 aliphatic heterocycles. The smallest absolute Gasteiger partial charge is 0.268 e. The van der Waals surface area contributed by atoms with Crippen molar-refractivity contribution in [3.63, 3.8) is 0 Å². The monoisotopic (exact) mass is 463 g/mol. The quantitative estimate of drug-likeness (QED) is 0.232. The van der Waals surface area contributed by atoms with E-state index in [1.807, 2.05) is 54.6 Å². The molecule has 4 aromatic rings. The van der Waals surface area contributed by atoms with Gasteiger partial charge in [0.15, 0.2) is 0 Å². The minimum atomic E-state index is -0.321. The molecular weight excluding hydrogens is 449 g/mol. The van der Waals surface area contributed by atoms with E-state index in [4.69, 9.17) is 23.2 Å². The van der Waals surface area contributed by atoms with Crippen molar-refractivity contribution in [1.29, 1.82) is 0 Å². The molecule has 1 aliphatic rings. The lowest BCUT2D eigenvalue weighted by Gasteiger charge is -2.14. The Hall–Kier alpha value is -2.79. The molecule has 3 nitrogen and oxygen atoms in total. The highest BCUT2D eigenvalue weighted by Gasteiger charge is 2.35. The Morgan fingerprint density at radius 2 is 1.48 bits per heavy atom. The molecule has 0 unspecified atom stereocenters. The number of carbonyl (C=O) groups excluding carboxylic acids is 2. The maximum atomic E-state index is 13.1. The van der Waals surface area contributed by atoms with E-state index in [1.54, 1.807) is 18.2 Å². The summed E-state index contributed by atoms with van der Waals surface area (Å²) in [5, 5.41) is 4.86. The van der Waals surface area contributed by atoms with Crippen LogP contribution in [0.2, 0.25) is 10.0 Å². The molecule has 2 amide bonds. The van der Waals surface area contributed by atoms with E-state index in [-0.39, 0.29) is 17.7 Å². The summed E-state index contributed by atoms with van der Waals surface area (Å²) in [4.78, 5) is 27.4. The molecule has 5 rings (SSSR count). The second-order valence-corrected chi connectivity index (χ2v) is 9.07. The third-order valence-electron chi connectivity index (χ3n) is 5.31. The number of imide groups is 1. The fourth-order valence-electron chi connectivity index (χ4n) is 3.79. The van der Waals surface area contributed by atoms with Gasteiger partial charge in [-0.1, -0.05) is 77.8 Å². The van der Waals surface area contributed by atoms with Crippen molar-refractivity contribution in [2.45, 2.75) is 6.54 Å². The summed E-state index contributed by atoms with van der Waals surface area (Å²) >= 11 is 13.2. The van der Waals surface area contributed by atoms with Crippen LogP contribution in [0.1, 0.15) is 11.1 Å². The zero-order valence-corrected chi connectivity index (χ0v) is 18.5. The van der Waals surface area contributed by atoms with E-state index in [2.05, 4.69) is 6.07 Å². The molecule has 0 atom stereocenters. The highest BCUT2D eigenvalue weighted by molar-refractivity contribution is 8.18. The van der Waals surface area contributed by atoms with E-state index < -0.39 is 0 Å². The Kier molecular flexibility index (Phi) is 5.22. The second kappa shape index (κ2) is 8.04. The Balaban J connectivity index is 1.58. The second-order valence-electron chi connectivity index (χ2n) is 7.24. The lowest BCUT2D eigenvalue weighted by atomic mass is 9.96. The molecule has 1 saturated heterocycles. The summed E-state index contributed by atoms with van der Waals surface area (Å²) in [6.45, 7) is 0.105. The van der Waals surface area contributed by atoms with Gasteiger partial charge < -0.3 is 0 Å². The number of hydrogen-bond acceptors (Lipinski definition) is 3. The van der Waals surface area contributed by atoms with Crippen LogP contribution in [0.15, 0.2) is 77.7 Å². The molecule has 6 heteroatoms. The third-order valence-corrected chi connectivity index (χ3v) is 6.80. The Labute approximate surface area is 193 Å². The van der Waals surface area contributed by atoms with E-state index >= 15 is 0 Å². The highest BCUT2D eigenvalue weighted by atomic mass is 35.5. The van der Waals surface area contributed by atoms with Gasteiger partial charge in [-0.3, -0.25) is 14.5 Å². The van der Waals surface area contributed by atoms with E-state index in [0.717, 1.165) is 38.9 Å². The van der Waals surface area contributed by atoms with Crippen LogP contribution in [-0.2, 0) is 11.3 Å². The van der Waals surface area contributed by atoms with Gasteiger partial charge in [0.05, 0.1) is 11.4 Å². The number of amides is 2. The lowest BCUT2D eigenvalue weighted by Crippen LogP contribution is -2.27. The number of rotatable bonds is 3. The summed E-state index contributed by atoms with van der Waals surface area (Å²) in [5.41, 5.74) is 1.61. The fraction of sp³-hybridized carbons (Fsp3) is 0.0400. The van der Waals surface area contributed by atoms with Crippen molar-refractivity contribution in [3.8, 4) is 0 Å². The first kappa shape index (κ1) is 20.1. The number of thioether (sulfide) groups is 1. The van der Waals surface area contributed by atoms with E-state index in [1.165, 1.54) is 4.90 Å². The minimum absolute atomic E-state index is 0.105. The zero-order valence-electron chi connectivity index (χ0n) is 16.1. The maximum Gasteiger partial charge on any atom is 0.293 e. The van der Waals surface area contributed by atoms with Gasteiger partial charge >= 0.3 is 0 Å². The van der Waals surface area contributed by atoms with Gasteiger partial charge in [0, 0.05) is 10.0 Å². The molecule has 1 fully saturated rings. The van der Waals surface area contributed by atoms with Crippen LogP contribution in [0.5, 0.6) is 0 Å². The van der Waals surface area contributed by atoms with Crippen molar-refractivity contribution in [2.75, 3.05) is 0 Å². The molecule has 0 bridgehead atoms. The number of hydrogen-bond donors (Lipinski definition) is 0. The maximum absolute atomic E-state index is 13.1. The Morgan fingerprint density at radius 1 is 0.839 bits per heavy atom. The van der Waals surface area contributed by atoms with Gasteiger partial charge in [-0.05, 0) is 68.7 Å². The normalized spacial score (nSPS) is 15.5. The van der Waals surface area contributed by atoms with Crippen LogP contribution in [0.3, 0.4) is 0 Å². The van der Waals surface area contributed by atoms with Crippen molar-refractivity contribution >= 4 is 73.7 Å². The van der Waals surface area contributed by atoms with Gasteiger partial charge in [-0.2, -0.15) is 0 Å². The predicted octanol–water partition coefficient (Wildman–Crippen LogP) is 7.54. The highest BCUT2D eigenvalue weighted by Crippen LogP contribution is 2.37. The van der Waals surface area contributed by atoms with E-state index in [9.17, 15) is 9.59 Å².